The van der Waals surface area contributed by atoms with Crippen molar-refractivity contribution in [1.29, 1.82) is 0 Å². The Morgan fingerprint density at radius 3 is 1.19 bits per heavy atom. The topological polar surface area (TPSA) is 26.3 Å². The Kier molecular flexibility index (Phi) is 5.53. The molecule has 2 nitrogen and oxygen atoms in total. The van der Waals surface area contributed by atoms with Crippen LogP contribution in [0.25, 0.3) is 120 Å². The predicted molar refractivity (Wildman–Crippen MR) is 219 cm³/mol. The Balaban J connectivity index is 0.945. The number of hydrogen-bond acceptors (Lipinski definition) is 2. The van der Waals surface area contributed by atoms with E-state index in [-0.39, 0.29) is 0 Å². The third-order valence-corrected chi connectivity index (χ3v) is 11.2. The first-order valence-corrected chi connectivity index (χ1v) is 17.8. The van der Waals surface area contributed by atoms with E-state index in [2.05, 4.69) is 152 Å². The van der Waals surface area contributed by atoms with Gasteiger partial charge in [0.1, 0.15) is 22.3 Å². The molecular formula is C50H28O2. The van der Waals surface area contributed by atoms with Gasteiger partial charge in [-0.3, -0.25) is 0 Å². The third-order valence-electron chi connectivity index (χ3n) is 11.2. The largest absolute Gasteiger partial charge is 0.456 e. The highest BCUT2D eigenvalue weighted by molar-refractivity contribution is 6.26. The van der Waals surface area contributed by atoms with Gasteiger partial charge in [0.05, 0.1) is 0 Å². The highest BCUT2D eigenvalue weighted by Crippen LogP contribution is 2.40. The van der Waals surface area contributed by atoms with E-state index in [1.807, 2.05) is 18.2 Å². The highest BCUT2D eigenvalue weighted by Gasteiger charge is 2.15. The molecule has 0 fully saturated rings. The van der Waals surface area contributed by atoms with E-state index in [0.717, 1.165) is 49.4 Å². The van der Waals surface area contributed by atoms with Crippen molar-refractivity contribution in [2.75, 3.05) is 0 Å². The molecule has 10 aromatic carbocycles. The fourth-order valence-corrected chi connectivity index (χ4v) is 8.69. The molecule has 0 bridgehead atoms. The maximum atomic E-state index is 6.34. The van der Waals surface area contributed by atoms with Crippen LogP contribution < -0.4 is 0 Å². The highest BCUT2D eigenvalue weighted by atomic mass is 16.3. The van der Waals surface area contributed by atoms with Gasteiger partial charge in [-0.15, -0.1) is 0 Å². The summed E-state index contributed by atoms with van der Waals surface area (Å²) < 4.78 is 12.6. The summed E-state index contributed by atoms with van der Waals surface area (Å²) in [7, 11) is 0. The molecule has 2 heteroatoms. The van der Waals surface area contributed by atoms with Crippen LogP contribution in [0.3, 0.4) is 0 Å². The monoisotopic (exact) mass is 660 g/mol. The fraction of sp³-hybridized carbons (Fsp3) is 0. The summed E-state index contributed by atoms with van der Waals surface area (Å²) in [6, 6.07) is 61.7. The minimum atomic E-state index is 0.876. The Morgan fingerprint density at radius 2 is 0.596 bits per heavy atom. The van der Waals surface area contributed by atoms with E-state index < -0.39 is 0 Å². The normalized spacial score (nSPS) is 12.2. The lowest BCUT2D eigenvalue weighted by atomic mass is 9.91. The summed E-state index contributed by atoms with van der Waals surface area (Å²) in [5.41, 5.74) is 8.33. The number of benzene rings is 10. The van der Waals surface area contributed by atoms with E-state index in [1.54, 1.807) is 0 Å². The zero-order valence-corrected chi connectivity index (χ0v) is 28.0. The van der Waals surface area contributed by atoms with Gasteiger partial charge in [0, 0.05) is 21.5 Å². The lowest BCUT2D eigenvalue weighted by molar-refractivity contribution is 0.664. The van der Waals surface area contributed by atoms with Crippen molar-refractivity contribution in [3.05, 3.63) is 170 Å². The lowest BCUT2D eigenvalue weighted by Gasteiger charge is -2.13. The summed E-state index contributed by atoms with van der Waals surface area (Å²) in [5.74, 6) is 0. The molecule has 0 unspecified atom stereocenters. The summed E-state index contributed by atoms with van der Waals surface area (Å²) >= 11 is 0. The molecule has 240 valence electrons. The molecule has 2 heterocycles. The molecule has 0 aliphatic heterocycles. The fourth-order valence-electron chi connectivity index (χ4n) is 8.69. The van der Waals surface area contributed by atoms with Gasteiger partial charge in [0.2, 0.25) is 0 Å². The second-order valence-corrected chi connectivity index (χ2v) is 14.0. The number of para-hydroxylation sites is 1. The zero-order chi connectivity index (χ0) is 33.9. The summed E-state index contributed by atoms with van der Waals surface area (Å²) in [4.78, 5) is 0. The van der Waals surface area contributed by atoms with Gasteiger partial charge in [-0.2, -0.15) is 0 Å². The quantitative estimate of drug-likeness (QED) is 0.173. The summed E-state index contributed by atoms with van der Waals surface area (Å²) in [6.45, 7) is 0. The van der Waals surface area contributed by atoms with Crippen molar-refractivity contribution in [3.8, 4) is 22.3 Å². The minimum absolute atomic E-state index is 0.876. The molecule has 0 aliphatic rings. The van der Waals surface area contributed by atoms with Crippen molar-refractivity contribution >= 4 is 97.7 Å². The first-order chi connectivity index (χ1) is 25.7. The van der Waals surface area contributed by atoms with Crippen molar-refractivity contribution in [1.82, 2.24) is 0 Å². The number of furan rings is 2. The Morgan fingerprint density at radius 1 is 0.212 bits per heavy atom. The molecule has 2 aromatic heterocycles. The van der Waals surface area contributed by atoms with Crippen LogP contribution in [0.15, 0.2) is 179 Å². The van der Waals surface area contributed by atoms with Crippen LogP contribution in [-0.2, 0) is 0 Å². The van der Waals surface area contributed by atoms with E-state index in [1.165, 1.54) is 70.6 Å². The van der Waals surface area contributed by atoms with Crippen molar-refractivity contribution in [3.63, 3.8) is 0 Å². The molecule has 0 amide bonds. The lowest BCUT2D eigenvalue weighted by Crippen LogP contribution is -1.86. The zero-order valence-electron chi connectivity index (χ0n) is 28.0. The third kappa shape index (κ3) is 3.95. The van der Waals surface area contributed by atoms with E-state index in [9.17, 15) is 0 Å². The molecule has 52 heavy (non-hydrogen) atoms. The van der Waals surface area contributed by atoms with E-state index >= 15 is 0 Å². The van der Waals surface area contributed by atoms with Crippen LogP contribution in [0.5, 0.6) is 0 Å². The molecule has 0 saturated carbocycles. The predicted octanol–water partition coefficient (Wildman–Crippen LogP) is 14.6. The van der Waals surface area contributed by atoms with Gasteiger partial charge in [-0.25, -0.2) is 0 Å². The Hall–Kier alpha value is -6.90. The Bertz CT molecular complexity index is 3430. The number of rotatable bonds is 2. The molecule has 12 aromatic rings. The molecular weight excluding hydrogens is 633 g/mol. The van der Waals surface area contributed by atoms with Gasteiger partial charge < -0.3 is 8.83 Å². The van der Waals surface area contributed by atoms with Crippen LogP contribution in [0.4, 0.5) is 0 Å². The molecule has 12 rings (SSSR count). The van der Waals surface area contributed by atoms with E-state index in [4.69, 9.17) is 8.83 Å². The molecule has 0 aliphatic carbocycles. The van der Waals surface area contributed by atoms with Gasteiger partial charge in [0.25, 0.3) is 0 Å². The molecule has 0 spiro atoms. The smallest absolute Gasteiger partial charge is 0.136 e. The van der Waals surface area contributed by atoms with Crippen molar-refractivity contribution in [2.45, 2.75) is 0 Å². The van der Waals surface area contributed by atoms with Gasteiger partial charge in [-0.1, -0.05) is 121 Å². The maximum absolute atomic E-state index is 6.34. The van der Waals surface area contributed by atoms with Crippen LogP contribution in [0.2, 0.25) is 0 Å². The standard InChI is InChI=1S/C50H28O2/c1-2-9-39-37(7-1)38-8-3-4-10-40(38)43-25-31(17-21-41(39)43)29-15-19-35-33(23-29)13-14-34-24-30(16-20-36(34)35)32-18-22-48-44(26-32)46-28-49-45(27-50(46)52-48)42-11-5-6-12-47(42)51-49/h1-28H. The molecule has 0 atom stereocenters. The first kappa shape index (κ1) is 27.9. The molecule has 0 radical (unpaired) electrons. The van der Waals surface area contributed by atoms with Crippen molar-refractivity contribution in [2.24, 2.45) is 0 Å². The number of hydrogen-bond donors (Lipinski definition) is 0. The average Bonchev–Trinajstić information content (AvgIpc) is 3.76. The van der Waals surface area contributed by atoms with Gasteiger partial charge in [0.15, 0.2) is 0 Å². The van der Waals surface area contributed by atoms with Crippen molar-refractivity contribution < 1.29 is 8.83 Å². The van der Waals surface area contributed by atoms with Crippen LogP contribution in [-0.4, -0.2) is 0 Å². The number of fused-ring (bicyclic) bond motifs is 15. The average molecular weight is 661 g/mol. The van der Waals surface area contributed by atoms with Crippen LogP contribution in [0, 0.1) is 0 Å². The summed E-state index contributed by atoms with van der Waals surface area (Å²) in [6.07, 6.45) is 0. The second kappa shape index (κ2) is 10.3. The van der Waals surface area contributed by atoms with Crippen LogP contribution in [0.1, 0.15) is 0 Å². The van der Waals surface area contributed by atoms with Gasteiger partial charge in [-0.05, 0) is 125 Å². The van der Waals surface area contributed by atoms with Gasteiger partial charge >= 0.3 is 0 Å². The molecule has 0 N–H and O–H groups in total. The second-order valence-electron chi connectivity index (χ2n) is 14.0. The molecule has 0 saturated heterocycles. The SMILES string of the molecule is c1ccc2c(c1)oc1cc3c(cc12)oc1ccc(-c2ccc4c(ccc5cc(-c6ccc7c8ccccc8c8ccccc8c7c6)ccc54)c2)cc13. The first-order valence-electron chi connectivity index (χ1n) is 17.8. The Labute approximate surface area is 297 Å². The maximum Gasteiger partial charge on any atom is 0.136 e. The van der Waals surface area contributed by atoms with Crippen LogP contribution >= 0.6 is 0 Å². The minimum Gasteiger partial charge on any atom is -0.456 e. The van der Waals surface area contributed by atoms with E-state index in [0.29, 0.717) is 0 Å². The summed E-state index contributed by atoms with van der Waals surface area (Å²) in [5, 5.41) is 17.1.